The molecule has 0 fully saturated rings. The quantitative estimate of drug-likeness (QED) is 0.858. The molecule has 1 aliphatic rings. The van der Waals surface area contributed by atoms with Gasteiger partial charge in [-0.2, -0.15) is 4.98 Å². The maximum absolute atomic E-state index is 4.77. The van der Waals surface area contributed by atoms with Crippen molar-refractivity contribution >= 4 is 11.8 Å². The molecule has 1 aliphatic heterocycles. The van der Waals surface area contributed by atoms with Crippen molar-refractivity contribution in [3.63, 3.8) is 0 Å². The third-order valence-electron chi connectivity index (χ3n) is 3.66. The van der Waals surface area contributed by atoms with Gasteiger partial charge in [0.15, 0.2) is 0 Å². The zero-order valence-electron chi connectivity index (χ0n) is 13.2. The summed E-state index contributed by atoms with van der Waals surface area (Å²) in [5.74, 6) is 2.47. The first-order valence-corrected chi connectivity index (χ1v) is 7.67. The molecule has 2 rings (SSSR count). The van der Waals surface area contributed by atoms with Crippen LogP contribution in [-0.4, -0.2) is 43.2 Å². The number of hydrogen-bond acceptors (Lipinski definition) is 5. The Hall–Kier alpha value is -1.36. The molecule has 0 saturated heterocycles. The lowest BCUT2D eigenvalue weighted by molar-refractivity contribution is 0.684. The van der Waals surface area contributed by atoms with Crippen molar-refractivity contribution in [2.24, 2.45) is 5.92 Å². The van der Waals surface area contributed by atoms with Gasteiger partial charge in [-0.15, -0.1) is 0 Å². The average Bonchev–Trinajstić information content (AvgIpc) is 2.68. The van der Waals surface area contributed by atoms with Crippen molar-refractivity contribution in [3.05, 3.63) is 11.3 Å². The van der Waals surface area contributed by atoms with Crippen molar-refractivity contribution in [1.82, 2.24) is 15.3 Å². The molecule has 0 atom stereocenters. The van der Waals surface area contributed by atoms with Gasteiger partial charge in [-0.3, -0.25) is 0 Å². The summed E-state index contributed by atoms with van der Waals surface area (Å²) in [6.07, 6.45) is 1.99. The monoisotopic (exact) mass is 277 g/mol. The Bertz CT molecular complexity index is 444. The van der Waals surface area contributed by atoms with Crippen molar-refractivity contribution in [1.29, 1.82) is 0 Å². The highest BCUT2D eigenvalue weighted by molar-refractivity contribution is 5.52. The molecule has 1 aromatic rings. The maximum Gasteiger partial charge on any atom is 0.227 e. The van der Waals surface area contributed by atoms with Crippen molar-refractivity contribution < 1.29 is 0 Å². The molecule has 112 valence electrons. The molecule has 0 unspecified atom stereocenters. The van der Waals surface area contributed by atoms with Crippen LogP contribution in [0.5, 0.6) is 0 Å². The van der Waals surface area contributed by atoms with Crippen LogP contribution >= 0.6 is 0 Å². The zero-order chi connectivity index (χ0) is 14.5. The molecule has 0 amide bonds. The number of rotatable bonds is 5. The van der Waals surface area contributed by atoms with Gasteiger partial charge >= 0.3 is 0 Å². The Morgan fingerprint density at radius 2 is 2.00 bits per heavy atom. The third kappa shape index (κ3) is 3.60. The second-order valence-electron chi connectivity index (χ2n) is 5.84. The Balaban J connectivity index is 2.34. The molecule has 1 aromatic heterocycles. The van der Waals surface area contributed by atoms with E-state index in [-0.39, 0.29) is 0 Å². The molecular formula is C15H27N5. The van der Waals surface area contributed by atoms with Crippen LogP contribution in [0.2, 0.25) is 0 Å². The Kier molecular flexibility index (Phi) is 5.17. The lowest BCUT2D eigenvalue weighted by Crippen LogP contribution is -2.22. The van der Waals surface area contributed by atoms with Crippen LogP contribution in [0, 0.1) is 5.92 Å². The number of aromatic nitrogens is 2. The summed E-state index contributed by atoms with van der Waals surface area (Å²) < 4.78 is 0. The predicted octanol–water partition coefficient (Wildman–Crippen LogP) is 1.69. The Morgan fingerprint density at radius 1 is 1.25 bits per heavy atom. The fourth-order valence-electron chi connectivity index (χ4n) is 2.29. The van der Waals surface area contributed by atoms with E-state index in [4.69, 9.17) is 9.97 Å². The summed E-state index contributed by atoms with van der Waals surface area (Å²) in [6.45, 7) is 10.4. The van der Waals surface area contributed by atoms with E-state index in [0.717, 1.165) is 50.8 Å². The number of hydrogen-bond donors (Lipinski definition) is 2. The first-order valence-electron chi connectivity index (χ1n) is 7.67. The van der Waals surface area contributed by atoms with Gasteiger partial charge in [0.2, 0.25) is 5.95 Å². The van der Waals surface area contributed by atoms with Crippen molar-refractivity contribution in [3.8, 4) is 0 Å². The minimum atomic E-state index is 0.608. The molecule has 0 spiro atoms. The smallest absolute Gasteiger partial charge is 0.227 e. The lowest BCUT2D eigenvalue weighted by atomic mass is 10.1. The van der Waals surface area contributed by atoms with Crippen molar-refractivity contribution in [2.75, 3.05) is 43.4 Å². The molecule has 2 heterocycles. The van der Waals surface area contributed by atoms with E-state index in [0.29, 0.717) is 5.92 Å². The molecule has 0 saturated carbocycles. The molecule has 0 radical (unpaired) electrons. The van der Waals surface area contributed by atoms with Crippen LogP contribution in [-0.2, 0) is 12.8 Å². The highest BCUT2D eigenvalue weighted by Crippen LogP contribution is 2.22. The molecule has 2 N–H and O–H groups in total. The SMILES string of the molecule is CCN(C)c1nc2c(c(NCC(C)C)n1)CCNCC2. The molecule has 0 aromatic carbocycles. The summed E-state index contributed by atoms with van der Waals surface area (Å²) in [5, 5.41) is 6.95. The van der Waals surface area contributed by atoms with Crippen LogP contribution in [0.4, 0.5) is 11.8 Å². The van der Waals surface area contributed by atoms with Gasteiger partial charge in [0.25, 0.3) is 0 Å². The van der Waals surface area contributed by atoms with E-state index in [2.05, 4.69) is 36.3 Å². The average molecular weight is 277 g/mol. The fourth-order valence-corrected chi connectivity index (χ4v) is 2.29. The summed E-state index contributed by atoms with van der Waals surface area (Å²) in [7, 11) is 2.04. The van der Waals surface area contributed by atoms with Crippen molar-refractivity contribution in [2.45, 2.75) is 33.6 Å². The number of nitrogens with zero attached hydrogens (tertiary/aromatic N) is 3. The maximum atomic E-state index is 4.77. The molecule has 20 heavy (non-hydrogen) atoms. The largest absolute Gasteiger partial charge is 0.369 e. The second kappa shape index (κ2) is 6.88. The number of nitrogens with one attached hydrogen (secondary N) is 2. The molecule has 5 nitrogen and oxygen atoms in total. The summed E-state index contributed by atoms with van der Waals surface area (Å²) in [4.78, 5) is 11.6. The van der Waals surface area contributed by atoms with Crippen LogP contribution in [0.3, 0.4) is 0 Å². The van der Waals surface area contributed by atoms with Gasteiger partial charge < -0.3 is 15.5 Å². The topological polar surface area (TPSA) is 53.1 Å². The van der Waals surface area contributed by atoms with Crippen LogP contribution in [0.25, 0.3) is 0 Å². The summed E-state index contributed by atoms with van der Waals surface area (Å²) in [5.41, 5.74) is 2.50. The van der Waals surface area contributed by atoms with Gasteiger partial charge in [-0.25, -0.2) is 4.98 Å². The van der Waals surface area contributed by atoms with Gasteiger partial charge in [0.05, 0.1) is 5.69 Å². The standard InChI is InChI=1S/C15H27N5/c1-5-20(4)15-18-13-7-9-16-8-6-12(13)14(19-15)17-10-11(2)3/h11,16H,5-10H2,1-4H3,(H,17,18,19). The van der Waals surface area contributed by atoms with Crippen LogP contribution < -0.4 is 15.5 Å². The normalized spacial score (nSPS) is 14.8. The van der Waals surface area contributed by atoms with Gasteiger partial charge in [0.1, 0.15) is 5.82 Å². The van der Waals surface area contributed by atoms with Gasteiger partial charge in [-0.05, 0) is 25.8 Å². The van der Waals surface area contributed by atoms with E-state index in [9.17, 15) is 0 Å². The Morgan fingerprint density at radius 3 is 2.70 bits per heavy atom. The summed E-state index contributed by atoms with van der Waals surface area (Å²) in [6, 6.07) is 0. The molecule has 5 heteroatoms. The van der Waals surface area contributed by atoms with E-state index in [1.807, 2.05) is 7.05 Å². The highest BCUT2D eigenvalue weighted by Gasteiger charge is 2.17. The van der Waals surface area contributed by atoms with E-state index in [1.54, 1.807) is 0 Å². The van der Waals surface area contributed by atoms with Gasteiger partial charge in [0, 0.05) is 38.7 Å². The summed E-state index contributed by atoms with van der Waals surface area (Å²) >= 11 is 0. The molecular weight excluding hydrogens is 250 g/mol. The van der Waals surface area contributed by atoms with Crippen LogP contribution in [0.1, 0.15) is 32.0 Å². The third-order valence-corrected chi connectivity index (χ3v) is 3.66. The second-order valence-corrected chi connectivity index (χ2v) is 5.84. The van der Waals surface area contributed by atoms with Crippen LogP contribution in [0.15, 0.2) is 0 Å². The van der Waals surface area contributed by atoms with E-state index < -0.39 is 0 Å². The lowest BCUT2D eigenvalue weighted by Gasteiger charge is -2.20. The van der Waals surface area contributed by atoms with E-state index >= 15 is 0 Å². The number of anilines is 2. The highest BCUT2D eigenvalue weighted by atomic mass is 15.2. The Labute approximate surface area is 122 Å². The zero-order valence-corrected chi connectivity index (χ0v) is 13.2. The fraction of sp³-hybridized carbons (Fsp3) is 0.733. The first kappa shape index (κ1) is 15.0. The molecule has 0 bridgehead atoms. The molecule has 0 aliphatic carbocycles. The minimum absolute atomic E-state index is 0.608. The van der Waals surface area contributed by atoms with Gasteiger partial charge in [-0.1, -0.05) is 13.8 Å². The number of fused-ring (bicyclic) bond motifs is 1. The first-order chi connectivity index (χ1) is 9.61. The predicted molar refractivity (Wildman–Crippen MR) is 84.6 cm³/mol. The van der Waals surface area contributed by atoms with E-state index in [1.165, 1.54) is 11.3 Å². The minimum Gasteiger partial charge on any atom is -0.369 e.